The lowest BCUT2D eigenvalue weighted by Gasteiger charge is -2.33. The summed E-state index contributed by atoms with van der Waals surface area (Å²) in [6.07, 6.45) is 0.629. The molecule has 1 aliphatic rings. The molecule has 3 amide bonds. The van der Waals surface area contributed by atoms with E-state index >= 15 is 0 Å². The van der Waals surface area contributed by atoms with Crippen LogP contribution in [0.3, 0.4) is 0 Å². The first-order valence-electron chi connectivity index (χ1n) is 6.49. The second-order valence-electron chi connectivity index (χ2n) is 4.78. The molecule has 6 nitrogen and oxygen atoms in total. The summed E-state index contributed by atoms with van der Waals surface area (Å²) < 4.78 is 0. The van der Waals surface area contributed by atoms with E-state index in [0.717, 1.165) is 5.56 Å². The Hall–Kier alpha value is -2.37. The lowest BCUT2D eigenvalue weighted by molar-refractivity contribution is -0.149. The highest BCUT2D eigenvalue weighted by Crippen LogP contribution is 2.13. The number of anilines is 1. The second-order valence-corrected chi connectivity index (χ2v) is 4.78. The number of amides is 3. The van der Waals surface area contributed by atoms with Crippen molar-refractivity contribution >= 4 is 23.4 Å². The average molecular weight is 275 g/mol. The van der Waals surface area contributed by atoms with E-state index in [-0.39, 0.29) is 18.9 Å². The van der Waals surface area contributed by atoms with Gasteiger partial charge in [-0.05, 0) is 24.1 Å². The molecule has 0 radical (unpaired) electrons. The first kappa shape index (κ1) is 14.0. The molecule has 1 heterocycles. The van der Waals surface area contributed by atoms with Crippen molar-refractivity contribution in [1.82, 2.24) is 10.2 Å². The van der Waals surface area contributed by atoms with E-state index in [1.807, 2.05) is 6.92 Å². The van der Waals surface area contributed by atoms with Gasteiger partial charge in [0.15, 0.2) is 0 Å². The van der Waals surface area contributed by atoms with E-state index in [1.165, 1.54) is 4.90 Å². The van der Waals surface area contributed by atoms with Crippen molar-refractivity contribution < 1.29 is 14.4 Å². The third kappa shape index (κ3) is 2.96. The van der Waals surface area contributed by atoms with E-state index in [1.54, 1.807) is 24.3 Å². The molecule has 1 atom stereocenters. The van der Waals surface area contributed by atoms with Crippen LogP contribution in [0.15, 0.2) is 24.3 Å². The maximum atomic E-state index is 12.3. The number of carbonyl (C=O) groups is 3. The number of piperazine rings is 1. The van der Waals surface area contributed by atoms with E-state index in [0.29, 0.717) is 12.1 Å². The predicted molar refractivity (Wildman–Crippen MR) is 73.5 cm³/mol. The number of nitrogen functional groups attached to an aromatic ring is 1. The third-order valence-electron chi connectivity index (χ3n) is 3.30. The minimum atomic E-state index is -0.575. The molecule has 3 N–H and O–H groups in total. The summed E-state index contributed by atoms with van der Waals surface area (Å²) in [7, 11) is 0. The zero-order valence-electron chi connectivity index (χ0n) is 11.3. The van der Waals surface area contributed by atoms with Gasteiger partial charge in [-0.3, -0.25) is 19.7 Å². The van der Waals surface area contributed by atoms with Crippen molar-refractivity contribution in [3.63, 3.8) is 0 Å². The highest BCUT2D eigenvalue weighted by molar-refractivity contribution is 6.04. The highest BCUT2D eigenvalue weighted by atomic mass is 16.2. The molecule has 106 valence electrons. The lowest BCUT2D eigenvalue weighted by Crippen LogP contribution is -2.59. The maximum absolute atomic E-state index is 12.3. The summed E-state index contributed by atoms with van der Waals surface area (Å²) in [5.41, 5.74) is 7.02. The Morgan fingerprint density at radius 1 is 1.35 bits per heavy atom. The Bertz CT molecular complexity index is 539. The fraction of sp³-hybridized carbons (Fsp3) is 0.357. The van der Waals surface area contributed by atoms with Gasteiger partial charge in [0.2, 0.25) is 17.7 Å². The van der Waals surface area contributed by atoms with Gasteiger partial charge in [-0.15, -0.1) is 0 Å². The number of hydrogen-bond acceptors (Lipinski definition) is 4. The molecule has 1 saturated heterocycles. The molecule has 2 rings (SSSR count). The number of rotatable bonds is 3. The van der Waals surface area contributed by atoms with Crippen LogP contribution < -0.4 is 11.1 Å². The van der Waals surface area contributed by atoms with E-state index in [9.17, 15) is 14.4 Å². The fourth-order valence-corrected chi connectivity index (χ4v) is 2.25. The van der Waals surface area contributed by atoms with Crippen LogP contribution in [-0.2, 0) is 20.8 Å². The topological polar surface area (TPSA) is 92.5 Å². The first-order chi connectivity index (χ1) is 9.51. The minimum Gasteiger partial charge on any atom is -0.399 e. The van der Waals surface area contributed by atoms with Crippen LogP contribution in [0, 0.1) is 0 Å². The van der Waals surface area contributed by atoms with E-state index in [2.05, 4.69) is 5.32 Å². The Morgan fingerprint density at radius 3 is 2.60 bits per heavy atom. The van der Waals surface area contributed by atoms with Gasteiger partial charge in [0, 0.05) is 5.69 Å². The monoisotopic (exact) mass is 275 g/mol. The van der Waals surface area contributed by atoms with Crippen LogP contribution in [-0.4, -0.2) is 35.2 Å². The average Bonchev–Trinajstić information content (AvgIpc) is 2.40. The lowest BCUT2D eigenvalue weighted by atomic mass is 10.1. The summed E-state index contributed by atoms with van der Waals surface area (Å²) in [5, 5.41) is 2.25. The molecule has 0 bridgehead atoms. The molecule has 1 aromatic rings. The largest absolute Gasteiger partial charge is 0.399 e. The van der Waals surface area contributed by atoms with Gasteiger partial charge in [0.25, 0.3) is 0 Å². The van der Waals surface area contributed by atoms with Crippen LogP contribution in [0.25, 0.3) is 0 Å². The summed E-state index contributed by atoms with van der Waals surface area (Å²) in [6.45, 7) is 1.74. The maximum Gasteiger partial charge on any atom is 0.249 e. The number of nitrogens with zero attached hydrogens (tertiary/aromatic N) is 1. The molecule has 6 heteroatoms. The fourth-order valence-electron chi connectivity index (χ4n) is 2.25. The van der Waals surface area contributed by atoms with Gasteiger partial charge in [-0.25, -0.2) is 0 Å². The third-order valence-corrected chi connectivity index (χ3v) is 3.30. The van der Waals surface area contributed by atoms with Crippen LogP contribution in [0.2, 0.25) is 0 Å². The van der Waals surface area contributed by atoms with E-state index in [4.69, 9.17) is 5.73 Å². The molecule has 0 spiro atoms. The highest BCUT2D eigenvalue weighted by Gasteiger charge is 2.35. The first-order valence-corrected chi connectivity index (χ1v) is 6.49. The van der Waals surface area contributed by atoms with Crippen LogP contribution in [0.5, 0.6) is 0 Å². The quantitative estimate of drug-likeness (QED) is 0.603. The molecule has 1 fully saturated rings. The van der Waals surface area contributed by atoms with Crippen molar-refractivity contribution in [3.05, 3.63) is 29.8 Å². The van der Waals surface area contributed by atoms with Crippen LogP contribution >= 0.6 is 0 Å². The van der Waals surface area contributed by atoms with Crippen molar-refractivity contribution in [3.8, 4) is 0 Å². The van der Waals surface area contributed by atoms with Crippen molar-refractivity contribution in [1.29, 1.82) is 0 Å². The van der Waals surface area contributed by atoms with Crippen molar-refractivity contribution in [2.75, 3.05) is 12.3 Å². The molecule has 1 unspecified atom stereocenters. The standard InChI is InChI=1S/C14H17N3O3/c1-2-11-14(20)16-12(18)8-17(11)13(19)7-9-3-5-10(15)6-4-9/h3-6,11H,2,7-8,15H2,1H3,(H,16,18,20). The smallest absolute Gasteiger partial charge is 0.249 e. The predicted octanol–water partition coefficient (Wildman–Crippen LogP) is 0.0749. The second kappa shape index (κ2) is 5.73. The molecule has 0 aromatic heterocycles. The Labute approximate surface area is 116 Å². The molecule has 0 aliphatic carbocycles. The zero-order valence-corrected chi connectivity index (χ0v) is 11.3. The number of hydrogen-bond donors (Lipinski definition) is 2. The Morgan fingerprint density at radius 2 is 2.00 bits per heavy atom. The molecule has 1 aliphatic heterocycles. The van der Waals surface area contributed by atoms with Gasteiger partial charge in [-0.2, -0.15) is 0 Å². The number of nitrogens with one attached hydrogen (secondary N) is 1. The van der Waals surface area contributed by atoms with Crippen LogP contribution in [0.1, 0.15) is 18.9 Å². The van der Waals surface area contributed by atoms with Gasteiger partial charge < -0.3 is 10.6 Å². The van der Waals surface area contributed by atoms with Crippen LogP contribution in [0.4, 0.5) is 5.69 Å². The van der Waals surface area contributed by atoms with Gasteiger partial charge in [0.05, 0.1) is 6.42 Å². The van der Waals surface area contributed by atoms with Gasteiger partial charge in [-0.1, -0.05) is 19.1 Å². The summed E-state index contributed by atoms with van der Waals surface area (Å²) in [5.74, 6) is -1.08. The number of nitrogens with two attached hydrogens (primary N) is 1. The van der Waals surface area contributed by atoms with E-state index < -0.39 is 17.9 Å². The Kier molecular flexibility index (Phi) is 4.02. The molecule has 1 aromatic carbocycles. The zero-order chi connectivity index (χ0) is 14.7. The summed E-state index contributed by atoms with van der Waals surface area (Å²) in [6, 6.07) is 6.39. The number of benzene rings is 1. The normalized spacial score (nSPS) is 18.9. The minimum absolute atomic E-state index is 0.0714. The molecular weight excluding hydrogens is 258 g/mol. The van der Waals surface area contributed by atoms with Crippen molar-refractivity contribution in [2.45, 2.75) is 25.8 Å². The SMILES string of the molecule is CCC1C(=O)NC(=O)CN1C(=O)Cc1ccc(N)cc1. The molecule has 20 heavy (non-hydrogen) atoms. The van der Waals surface area contributed by atoms with Crippen molar-refractivity contribution in [2.24, 2.45) is 0 Å². The molecule has 0 saturated carbocycles. The Balaban J connectivity index is 2.11. The molecular formula is C14H17N3O3. The number of imide groups is 1. The van der Waals surface area contributed by atoms with Gasteiger partial charge >= 0.3 is 0 Å². The summed E-state index contributed by atoms with van der Waals surface area (Å²) in [4.78, 5) is 36.7. The van der Waals surface area contributed by atoms with Gasteiger partial charge in [0.1, 0.15) is 12.6 Å². The summed E-state index contributed by atoms with van der Waals surface area (Å²) >= 11 is 0. The number of carbonyl (C=O) groups excluding carboxylic acids is 3.